The molecule has 0 heterocycles. The van der Waals surface area contributed by atoms with Gasteiger partial charge in [-0.3, -0.25) is 0 Å². The van der Waals surface area contributed by atoms with Crippen LogP contribution in [0.25, 0.3) is 0 Å². The molecule has 0 saturated carbocycles. The second kappa shape index (κ2) is 7.23. The number of ether oxygens (including phenoxy) is 2. The molecule has 0 bridgehead atoms. The van der Waals surface area contributed by atoms with Gasteiger partial charge in [0.2, 0.25) is 0 Å². The van der Waals surface area contributed by atoms with Gasteiger partial charge in [-0.1, -0.05) is 0 Å². The molecule has 0 fully saturated rings. The standard InChI is InChI=1S/C5H9IO4/c1-8-2-3-9-5(7)4-10-6/h2-4H2,1H3. The van der Waals surface area contributed by atoms with Crippen molar-refractivity contribution in [3.63, 3.8) is 0 Å². The third-order valence-corrected chi connectivity index (χ3v) is 1.03. The summed E-state index contributed by atoms with van der Waals surface area (Å²) >= 11 is 1.63. The average molecular weight is 260 g/mol. The molecule has 0 unspecified atom stereocenters. The summed E-state index contributed by atoms with van der Waals surface area (Å²) in [4.78, 5) is 10.5. The lowest BCUT2D eigenvalue weighted by Crippen LogP contribution is -2.12. The third-order valence-electron chi connectivity index (χ3n) is 0.723. The van der Waals surface area contributed by atoms with E-state index in [0.717, 1.165) is 0 Å². The minimum Gasteiger partial charge on any atom is -0.461 e. The van der Waals surface area contributed by atoms with E-state index in [9.17, 15) is 4.79 Å². The normalized spacial score (nSPS) is 9.40. The molecule has 10 heavy (non-hydrogen) atoms. The number of carbonyl (C=O) groups is 1. The summed E-state index contributed by atoms with van der Waals surface area (Å²) in [5.41, 5.74) is 0. The lowest BCUT2D eigenvalue weighted by Gasteiger charge is -2.00. The molecule has 0 saturated heterocycles. The quantitative estimate of drug-likeness (QED) is 0.411. The van der Waals surface area contributed by atoms with Crippen molar-refractivity contribution in [1.82, 2.24) is 0 Å². The number of hydrogen-bond acceptors (Lipinski definition) is 4. The van der Waals surface area contributed by atoms with Crippen LogP contribution in [-0.2, 0) is 17.3 Å². The Hall–Kier alpha value is 0.120. The van der Waals surface area contributed by atoms with Gasteiger partial charge in [0.15, 0.2) is 6.61 Å². The van der Waals surface area contributed by atoms with E-state index in [1.165, 1.54) is 0 Å². The number of carbonyl (C=O) groups excluding carboxylic acids is 1. The summed E-state index contributed by atoms with van der Waals surface area (Å²) in [7, 11) is 1.54. The van der Waals surface area contributed by atoms with Crippen molar-refractivity contribution in [2.45, 2.75) is 0 Å². The van der Waals surface area contributed by atoms with Crippen LogP contribution in [-0.4, -0.2) is 32.9 Å². The predicted octanol–water partition coefficient (Wildman–Crippen LogP) is 0.543. The van der Waals surface area contributed by atoms with E-state index in [0.29, 0.717) is 6.61 Å². The van der Waals surface area contributed by atoms with Crippen molar-refractivity contribution in [3.8, 4) is 0 Å². The Kier molecular flexibility index (Phi) is 7.32. The maximum atomic E-state index is 10.5. The van der Waals surface area contributed by atoms with Gasteiger partial charge in [0.05, 0.1) is 6.61 Å². The minimum atomic E-state index is -0.369. The fourth-order valence-electron chi connectivity index (χ4n) is 0.325. The first-order chi connectivity index (χ1) is 4.81. The lowest BCUT2D eigenvalue weighted by atomic mass is 10.7. The number of hydrogen-bond donors (Lipinski definition) is 0. The zero-order valence-corrected chi connectivity index (χ0v) is 7.79. The molecule has 0 aromatic carbocycles. The molecule has 4 nitrogen and oxygen atoms in total. The van der Waals surface area contributed by atoms with E-state index in [2.05, 4.69) is 12.5 Å². The van der Waals surface area contributed by atoms with E-state index >= 15 is 0 Å². The zero-order valence-electron chi connectivity index (χ0n) is 5.63. The van der Waals surface area contributed by atoms with Gasteiger partial charge in [0, 0.05) is 7.11 Å². The summed E-state index contributed by atoms with van der Waals surface area (Å²) in [5.74, 6) is -0.369. The monoisotopic (exact) mass is 260 g/mol. The summed E-state index contributed by atoms with van der Waals surface area (Å²) in [6.07, 6.45) is 0. The van der Waals surface area contributed by atoms with Gasteiger partial charge in [-0.05, 0) is 0 Å². The molecule has 0 N–H and O–H groups in total. The molecule has 0 aliphatic rings. The van der Waals surface area contributed by atoms with Crippen LogP contribution in [0.4, 0.5) is 0 Å². The van der Waals surface area contributed by atoms with Gasteiger partial charge in [-0.15, -0.1) is 0 Å². The van der Waals surface area contributed by atoms with Gasteiger partial charge in [-0.25, -0.2) is 4.79 Å². The minimum absolute atomic E-state index is 0.00965. The fourth-order valence-corrected chi connectivity index (χ4v) is 0.579. The molecule has 0 amide bonds. The van der Waals surface area contributed by atoms with Crippen molar-refractivity contribution < 1.29 is 17.3 Å². The highest BCUT2D eigenvalue weighted by Crippen LogP contribution is 1.87. The van der Waals surface area contributed by atoms with Crippen molar-refractivity contribution in [2.75, 3.05) is 26.9 Å². The molecule has 0 rings (SSSR count). The second-order valence-electron chi connectivity index (χ2n) is 1.47. The van der Waals surface area contributed by atoms with Crippen LogP contribution in [0, 0.1) is 0 Å². The Morgan fingerprint density at radius 3 is 2.70 bits per heavy atom. The van der Waals surface area contributed by atoms with Crippen LogP contribution in [0.15, 0.2) is 0 Å². The highest BCUT2D eigenvalue weighted by molar-refractivity contribution is 14.1. The molecule has 0 aliphatic heterocycles. The molecule has 0 radical (unpaired) electrons. The Labute approximate surface area is 73.5 Å². The van der Waals surface area contributed by atoms with Crippen molar-refractivity contribution >= 4 is 29.0 Å². The second-order valence-corrected chi connectivity index (χ2v) is 2.09. The number of esters is 1. The van der Waals surface area contributed by atoms with Crippen LogP contribution >= 0.6 is 23.0 Å². The molecular formula is C5H9IO4. The third kappa shape index (κ3) is 6.24. The Morgan fingerprint density at radius 1 is 1.50 bits per heavy atom. The largest absolute Gasteiger partial charge is 0.461 e. The number of rotatable bonds is 5. The highest BCUT2D eigenvalue weighted by atomic mass is 127. The van der Waals surface area contributed by atoms with Crippen LogP contribution in [0.2, 0.25) is 0 Å². The zero-order chi connectivity index (χ0) is 7.82. The predicted molar refractivity (Wildman–Crippen MR) is 42.8 cm³/mol. The maximum Gasteiger partial charge on any atom is 0.333 e. The van der Waals surface area contributed by atoms with Crippen LogP contribution in [0.3, 0.4) is 0 Å². The average Bonchev–Trinajstić information content (AvgIpc) is 1.89. The Bertz CT molecular complexity index is 95.6. The maximum absolute atomic E-state index is 10.5. The van der Waals surface area contributed by atoms with Crippen molar-refractivity contribution in [2.24, 2.45) is 0 Å². The fraction of sp³-hybridized carbons (Fsp3) is 0.800. The lowest BCUT2D eigenvalue weighted by molar-refractivity contribution is -0.146. The van der Waals surface area contributed by atoms with E-state index in [-0.39, 0.29) is 19.2 Å². The van der Waals surface area contributed by atoms with Gasteiger partial charge in [0.1, 0.15) is 29.6 Å². The van der Waals surface area contributed by atoms with Gasteiger partial charge < -0.3 is 12.5 Å². The molecule has 0 aromatic heterocycles. The van der Waals surface area contributed by atoms with Gasteiger partial charge >= 0.3 is 5.97 Å². The van der Waals surface area contributed by atoms with Crippen molar-refractivity contribution in [1.29, 1.82) is 0 Å². The van der Waals surface area contributed by atoms with Crippen LogP contribution < -0.4 is 0 Å². The molecule has 5 heteroatoms. The Morgan fingerprint density at radius 2 is 2.20 bits per heavy atom. The molecule has 0 aliphatic carbocycles. The summed E-state index contributed by atoms with van der Waals surface area (Å²) in [6, 6.07) is 0. The van der Waals surface area contributed by atoms with E-state index < -0.39 is 0 Å². The van der Waals surface area contributed by atoms with Gasteiger partial charge in [0.25, 0.3) is 0 Å². The first-order valence-corrected chi connectivity index (χ1v) is 3.57. The summed E-state index contributed by atoms with van der Waals surface area (Å²) < 4.78 is 13.8. The van der Waals surface area contributed by atoms with E-state index in [1.807, 2.05) is 0 Å². The topological polar surface area (TPSA) is 44.8 Å². The van der Waals surface area contributed by atoms with E-state index in [1.54, 1.807) is 30.1 Å². The molecule has 60 valence electrons. The first kappa shape index (κ1) is 10.1. The van der Waals surface area contributed by atoms with E-state index in [4.69, 9.17) is 0 Å². The molecule has 0 spiro atoms. The SMILES string of the molecule is COCCOC(=O)COI. The molecule has 0 aromatic rings. The first-order valence-electron chi connectivity index (χ1n) is 2.69. The van der Waals surface area contributed by atoms with Crippen LogP contribution in [0.5, 0.6) is 0 Å². The Balaban J connectivity index is 3.05. The summed E-state index contributed by atoms with van der Waals surface area (Å²) in [5, 5.41) is 0. The highest BCUT2D eigenvalue weighted by Gasteiger charge is 1.99. The van der Waals surface area contributed by atoms with Gasteiger partial charge in [-0.2, -0.15) is 0 Å². The van der Waals surface area contributed by atoms with Crippen molar-refractivity contribution in [3.05, 3.63) is 0 Å². The smallest absolute Gasteiger partial charge is 0.333 e. The summed E-state index contributed by atoms with van der Waals surface area (Å²) in [6.45, 7) is 0.701. The number of halogens is 1. The molecule has 0 atom stereocenters. The molecular weight excluding hydrogens is 251 g/mol. The van der Waals surface area contributed by atoms with Crippen LogP contribution in [0.1, 0.15) is 0 Å². The number of methoxy groups -OCH3 is 1.